The second-order valence-corrected chi connectivity index (χ2v) is 4.11. The molecule has 0 saturated carbocycles. The normalized spacial score (nSPS) is 10.2. The van der Waals surface area contributed by atoms with Gasteiger partial charge in [-0.05, 0) is 18.1 Å². The van der Waals surface area contributed by atoms with E-state index in [0.717, 1.165) is 16.8 Å². The molecule has 0 aliphatic carbocycles. The molecule has 4 heteroatoms. The minimum Gasteiger partial charge on any atom is -0.478 e. The highest BCUT2D eigenvalue weighted by molar-refractivity contribution is 7.71. The summed E-state index contributed by atoms with van der Waals surface area (Å²) >= 11 is 5.16. The Morgan fingerprint density at radius 2 is 1.94 bits per heavy atom. The lowest BCUT2D eigenvalue weighted by molar-refractivity contribution is 0.0696. The van der Waals surface area contributed by atoms with Gasteiger partial charge < -0.3 is 10.1 Å². The van der Waals surface area contributed by atoms with E-state index in [4.69, 9.17) is 17.3 Å². The molecule has 0 amide bonds. The van der Waals surface area contributed by atoms with Crippen LogP contribution in [0.5, 0.6) is 0 Å². The summed E-state index contributed by atoms with van der Waals surface area (Å²) in [5.74, 6) is -1.01. The van der Waals surface area contributed by atoms with Crippen molar-refractivity contribution < 1.29 is 9.90 Å². The number of hydrogen-bond acceptors (Lipinski definition) is 2. The van der Waals surface area contributed by atoms with Crippen LogP contribution in [-0.2, 0) is 0 Å². The number of rotatable bonds is 2. The largest absolute Gasteiger partial charge is 0.478 e. The molecule has 1 heterocycles. The minimum absolute atomic E-state index is 0.136. The van der Waals surface area contributed by atoms with Crippen LogP contribution in [0.4, 0.5) is 0 Å². The van der Waals surface area contributed by atoms with Gasteiger partial charge in [0.15, 0.2) is 0 Å². The predicted molar refractivity (Wildman–Crippen MR) is 68.8 cm³/mol. The van der Waals surface area contributed by atoms with Gasteiger partial charge in [0, 0.05) is 11.9 Å². The van der Waals surface area contributed by atoms with Gasteiger partial charge >= 0.3 is 5.97 Å². The maximum absolute atomic E-state index is 10.9. The first-order valence-corrected chi connectivity index (χ1v) is 5.53. The molecule has 3 nitrogen and oxygen atoms in total. The smallest absolute Gasteiger partial charge is 0.338 e. The molecule has 0 aliphatic heterocycles. The Hall–Kier alpha value is -1.94. The molecular formula is C13H11NO2S. The molecule has 0 aliphatic rings. The van der Waals surface area contributed by atoms with Crippen molar-refractivity contribution in [1.82, 2.24) is 4.98 Å². The van der Waals surface area contributed by atoms with Crippen LogP contribution < -0.4 is 0 Å². The van der Waals surface area contributed by atoms with Crippen molar-refractivity contribution in [2.45, 2.75) is 6.92 Å². The van der Waals surface area contributed by atoms with Crippen LogP contribution in [-0.4, -0.2) is 16.1 Å². The van der Waals surface area contributed by atoms with Crippen molar-refractivity contribution >= 4 is 18.2 Å². The van der Waals surface area contributed by atoms with Crippen molar-refractivity contribution in [3.8, 4) is 11.3 Å². The highest BCUT2D eigenvalue weighted by Gasteiger charge is 2.10. The second-order valence-electron chi connectivity index (χ2n) is 3.70. The molecule has 2 rings (SSSR count). The molecule has 0 unspecified atom stereocenters. The van der Waals surface area contributed by atoms with Crippen molar-refractivity contribution in [1.29, 1.82) is 0 Å². The summed E-state index contributed by atoms with van der Waals surface area (Å²) < 4.78 is 0.384. The molecule has 0 saturated heterocycles. The summed E-state index contributed by atoms with van der Waals surface area (Å²) in [4.78, 5) is 13.9. The number of nitrogens with one attached hydrogen (secondary N) is 1. The van der Waals surface area contributed by atoms with Crippen molar-refractivity contribution in [2.24, 2.45) is 0 Å². The van der Waals surface area contributed by atoms with Crippen LogP contribution in [0, 0.1) is 11.4 Å². The quantitative estimate of drug-likeness (QED) is 0.797. The average Bonchev–Trinajstić information content (AvgIpc) is 2.33. The molecule has 86 valence electrons. The van der Waals surface area contributed by atoms with E-state index < -0.39 is 5.97 Å². The van der Waals surface area contributed by atoms with Gasteiger partial charge in [0.05, 0.1) is 10.1 Å². The Kier molecular flexibility index (Phi) is 3.06. The molecule has 0 spiro atoms. The fourth-order valence-corrected chi connectivity index (χ4v) is 1.95. The standard InChI is InChI=1S/C13H11NO2S/c1-8-11(9-5-3-2-4-6-9)14-7-10(12(8)17)13(15)16/h2-7H,1H3,(H,14,17)(H,15,16). The first-order valence-electron chi connectivity index (χ1n) is 5.12. The second kappa shape index (κ2) is 4.51. The predicted octanol–water partition coefficient (Wildman–Crippen LogP) is 3.42. The SMILES string of the molecule is Cc1c(-c2ccccc2)[nH]cc(C(=O)O)c1=S. The third kappa shape index (κ3) is 2.12. The van der Waals surface area contributed by atoms with E-state index in [0.29, 0.717) is 4.51 Å². The topological polar surface area (TPSA) is 53.1 Å². The van der Waals surface area contributed by atoms with Crippen LogP contribution in [0.3, 0.4) is 0 Å². The van der Waals surface area contributed by atoms with E-state index in [1.807, 2.05) is 37.3 Å². The maximum atomic E-state index is 10.9. The number of H-pyrrole nitrogens is 1. The van der Waals surface area contributed by atoms with E-state index >= 15 is 0 Å². The van der Waals surface area contributed by atoms with Crippen molar-refractivity contribution in [3.63, 3.8) is 0 Å². The van der Waals surface area contributed by atoms with Crippen molar-refractivity contribution in [2.75, 3.05) is 0 Å². The third-order valence-electron chi connectivity index (χ3n) is 2.61. The van der Waals surface area contributed by atoms with Gasteiger partial charge in [-0.2, -0.15) is 0 Å². The summed E-state index contributed by atoms with van der Waals surface area (Å²) in [5.41, 5.74) is 2.77. The Morgan fingerprint density at radius 3 is 2.53 bits per heavy atom. The summed E-state index contributed by atoms with van der Waals surface area (Å²) in [6.45, 7) is 1.83. The molecule has 17 heavy (non-hydrogen) atoms. The zero-order valence-corrected chi connectivity index (χ0v) is 10.0. The number of pyridine rings is 1. The number of hydrogen-bond donors (Lipinski definition) is 2. The van der Waals surface area contributed by atoms with E-state index in [1.54, 1.807) is 0 Å². The first kappa shape index (κ1) is 11.5. The Labute approximate surface area is 104 Å². The Bertz CT molecular complexity index is 617. The number of carboxylic acid groups (broad SMARTS) is 1. The van der Waals surface area contributed by atoms with Gasteiger partial charge in [0.2, 0.25) is 0 Å². The van der Waals surface area contributed by atoms with Crippen LogP contribution >= 0.6 is 12.2 Å². The van der Waals surface area contributed by atoms with Gasteiger partial charge in [-0.1, -0.05) is 42.5 Å². The molecule has 0 fully saturated rings. The van der Waals surface area contributed by atoms with E-state index in [9.17, 15) is 4.79 Å². The minimum atomic E-state index is -1.01. The Balaban J connectivity index is 2.64. The van der Waals surface area contributed by atoms with Crippen LogP contribution in [0.15, 0.2) is 36.5 Å². The zero-order chi connectivity index (χ0) is 12.4. The summed E-state index contributed by atoms with van der Waals surface area (Å²) in [6, 6.07) is 9.69. The summed E-state index contributed by atoms with van der Waals surface area (Å²) in [5, 5.41) is 8.96. The van der Waals surface area contributed by atoms with E-state index in [-0.39, 0.29) is 5.56 Å². The lowest BCUT2D eigenvalue weighted by Crippen LogP contribution is -2.01. The summed E-state index contributed by atoms with van der Waals surface area (Å²) in [6.07, 6.45) is 1.44. The number of aromatic nitrogens is 1. The maximum Gasteiger partial charge on any atom is 0.338 e. The molecule has 2 aromatic rings. The molecule has 2 N–H and O–H groups in total. The van der Waals surface area contributed by atoms with Crippen LogP contribution in [0.1, 0.15) is 15.9 Å². The highest BCUT2D eigenvalue weighted by Crippen LogP contribution is 2.22. The molecule has 0 atom stereocenters. The summed E-state index contributed by atoms with van der Waals surface area (Å²) in [7, 11) is 0. The number of aromatic carboxylic acids is 1. The Morgan fingerprint density at radius 1 is 1.29 bits per heavy atom. The number of carboxylic acids is 1. The van der Waals surface area contributed by atoms with Gasteiger partial charge in [0.25, 0.3) is 0 Å². The first-order chi connectivity index (χ1) is 8.11. The van der Waals surface area contributed by atoms with Gasteiger partial charge in [-0.15, -0.1) is 0 Å². The number of benzene rings is 1. The lowest BCUT2D eigenvalue weighted by atomic mass is 10.1. The average molecular weight is 245 g/mol. The fraction of sp³-hybridized carbons (Fsp3) is 0.0769. The lowest BCUT2D eigenvalue weighted by Gasteiger charge is -2.07. The zero-order valence-electron chi connectivity index (χ0n) is 9.23. The van der Waals surface area contributed by atoms with E-state index in [2.05, 4.69) is 4.98 Å². The molecule has 1 aromatic carbocycles. The van der Waals surface area contributed by atoms with Crippen molar-refractivity contribution in [3.05, 3.63) is 52.2 Å². The highest BCUT2D eigenvalue weighted by atomic mass is 32.1. The molecule has 0 bridgehead atoms. The van der Waals surface area contributed by atoms with Crippen LogP contribution in [0.25, 0.3) is 11.3 Å². The molecular weight excluding hydrogens is 234 g/mol. The molecule has 0 radical (unpaired) electrons. The monoisotopic (exact) mass is 245 g/mol. The van der Waals surface area contributed by atoms with Crippen LogP contribution in [0.2, 0.25) is 0 Å². The van der Waals surface area contributed by atoms with Gasteiger partial charge in [0.1, 0.15) is 0 Å². The van der Waals surface area contributed by atoms with E-state index in [1.165, 1.54) is 6.20 Å². The number of aromatic amines is 1. The van der Waals surface area contributed by atoms with Gasteiger partial charge in [-0.25, -0.2) is 4.79 Å². The van der Waals surface area contributed by atoms with Gasteiger partial charge in [-0.3, -0.25) is 0 Å². The third-order valence-corrected chi connectivity index (χ3v) is 3.14. The number of carbonyl (C=O) groups is 1. The molecule has 1 aromatic heterocycles. The fourth-order valence-electron chi connectivity index (χ4n) is 1.70.